The number of unbranched alkanes of at least 4 members (excludes halogenated alkanes) is 43. The van der Waals surface area contributed by atoms with Gasteiger partial charge in [-0.15, -0.1) is 0 Å². The minimum absolute atomic E-state index is 0.892. The predicted octanol–water partition coefficient (Wildman–Crippen LogP) is 19.6. The second kappa shape index (κ2) is 50.0. The molecule has 0 aromatic rings. The summed E-state index contributed by atoms with van der Waals surface area (Å²) in [5.74, 6) is 0.892. The Morgan fingerprint density at radius 1 is 0.226 bits per heavy atom. The third-order valence-electron chi connectivity index (χ3n) is 12.2. The second-order valence-corrected chi connectivity index (χ2v) is 18.4. The van der Waals surface area contributed by atoms with E-state index in [4.69, 9.17) is 4.74 Å². The minimum Gasteiger partial charge on any atom is -0.381 e. The lowest BCUT2D eigenvalue weighted by Gasteiger charge is -2.06. The molecule has 0 atom stereocenters. The Morgan fingerprint density at radius 2 is 0.396 bits per heavy atom. The van der Waals surface area contributed by atoms with Crippen molar-refractivity contribution in [2.24, 2.45) is 5.92 Å². The molecule has 0 aromatic carbocycles. The first-order valence-corrected chi connectivity index (χ1v) is 25.8. The van der Waals surface area contributed by atoms with E-state index in [2.05, 4.69) is 20.8 Å². The molecule has 0 heterocycles. The number of hydrogen-bond acceptors (Lipinski definition) is 1. The molecule has 0 radical (unpaired) electrons. The summed E-state index contributed by atoms with van der Waals surface area (Å²) in [6, 6.07) is 0. The SMILES string of the molecule is CCCCCCCCCCCCCCCCCCCCCCCCCCCCOCCCCCCCCCCCCCCCCCCCCCC(C)C. The Kier molecular flexibility index (Phi) is 49.9. The van der Waals surface area contributed by atoms with Crippen molar-refractivity contribution in [3.8, 4) is 0 Å². The molecular weight excluding hydrogens is 641 g/mol. The zero-order valence-corrected chi connectivity index (χ0v) is 37.9. The first kappa shape index (κ1) is 53.0. The van der Waals surface area contributed by atoms with Gasteiger partial charge in [0.25, 0.3) is 0 Å². The van der Waals surface area contributed by atoms with E-state index in [1.165, 1.54) is 295 Å². The van der Waals surface area contributed by atoms with Crippen molar-refractivity contribution in [3.05, 3.63) is 0 Å². The fourth-order valence-corrected chi connectivity index (χ4v) is 8.38. The maximum atomic E-state index is 5.93. The van der Waals surface area contributed by atoms with Gasteiger partial charge in [-0.3, -0.25) is 0 Å². The van der Waals surface area contributed by atoms with Crippen molar-refractivity contribution in [1.29, 1.82) is 0 Å². The van der Waals surface area contributed by atoms with Crippen molar-refractivity contribution in [2.45, 2.75) is 316 Å². The normalized spacial score (nSPS) is 11.8. The minimum atomic E-state index is 0.892. The molecule has 1 nitrogen and oxygen atoms in total. The maximum absolute atomic E-state index is 5.93. The van der Waals surface area contributed by atoms with Crippen LogP contribution >= 0.6 is 0 Å². The summed E-state index contributed by atoms with van der Waals surface area (Å²) in [5.41, 5.74) is 0. The first-order chi connectivity index (χ1) is 26.3. The monoisotopic (exact) mass is 747 g/mol. The van der Waals surface area contributed by atoms with Gasteiger partial charge in [-0.25, -0.2) is 0 Å². The highest BCUT2D eigenvalue weighted by atomic mass is 16.5. The second-order valence-electron chi connectivity index (χ2n) is 18.4. The van der Waals surface area contributed by atoms with E-state index in [0.29, 0.717) is 0 Å². The van der Waals surface area contributed by atoms with Crippen molar-refractivity contribution >= 4 is 0 Å². The van der Waals surface area contributed by atoms with Crippen LogP contribution in [0.2, 0.25) is 0 Å². The predicted molar refractivity (Wildman–Crippen MR) is 244 cm³/mol. The van der Waals surface area contributed by atoms with Gasteiger partial charge in [-0.1, -0.05) is 303 Å². The Balaban J connectivity index is 3.05. The molecule has 0 aliphatic heterocycles. The molecule has 320 valence electrons. The smallest absolute Gasteiger partial charge is 0.0466 e. The number of hydrogen-bond donors (Lipinski definition) is 0. The van der Waals surface area contributed by atoms with Gasteiger partial charge in [0.15, 0.2) is 0 Å². The van der Waals surface area contributed by atoms with Crippen LogP contribution in [0, 0.1) is 5.92 Å². The van der Waals surface area contributed by atoms with Crippen molar-refractivity contribution in [3.63, 3.8) is 0 Å². The number of ether oxygens (including phenoxy) is 1. The molecule has 0 saturated heterocycles. The Labute approximate surface area is 338 Å². The van der Waals surface area contributed by atoms with Crippen LogP contribution in [-0.2, 0) is 4.74 Å². The molecule has 0 bridgehead atoms. The van der Waals surface area contributed by atoms with E-state index < -0.39 is 0 Å². The molecule has 0 amide bonds. The lowest BCUT2D eigenvalue weighted by atomic mass is 10.0. The summed E-state index contributed by atoms with van der Waals surface area (Å²) < 4.78 is 5.93. The summed E-state index contributed by atoms with van der Waals surface area (Å²) in [6.45, 7) is 9.01. The summed E-state index contributed by atoms with van der Waals surface area (Å²) in [4.78, 5) is 0. The molecule has 0 fully saturated rings. The van der Waals surface area contributed by atoms with Gasteiger partial charge in [-0.2, -0.15) is 0 Å². The maximum Gasteiger partial charge on any atom is 0.0466 e. The summed E-state index contributed by atoms with van der Waals surface area (Å²) in [7, 11) is 0. The largest absolute Gasteiger partial charge is 0.381 e. The molecule has 0 saturated carbocycles. The zero-order valence-electron chi connectivity index (χ0n) is 37.9. The van der Waals surface area contributed by atoms with Crippen molar-refractivity contribution in [2.75, 3.05) is 13.2 Å². The zero-order chi connectivity index (χ0) is 38.2. The molecule has 0 aliphatic rings. The standard InChI is InChI=1S/C52H106O/c1-4-5-6-7-8-9-10-11-12-13-14-15-16-17-18-19-20-23-26-29-32-35-38-41-44-47-50-53-51-48-45-42-39-36-33-30-27-24-21-22-25-28-31-34-37-40-43-46-49-52(2)3/h52H,4-51H2,1-3H3. The Hall–Kier alpha value is -0.0400. The van der Waals surface area contributed by atoms with E-state index in [1.807, 2.05) is 0 Å². The summed E-state index contributed by atoms with van der Waals surface area (Å²) >= 11 is 0. The van der Waals surface area contributed by atoms with Crippen LogP contribution in [0.15, 0.2) is 0 Å². The molecule has 0 rings (SSSR count). The van der Waals surface area contributed by atoms with E-state index in [0.717, 1.165) is 19.1 Å². The van der Waals surface area contributed by atoms with E-state index in [1.54, 1.807) is 0 Å². The highest BCUT2D eigenvalue weighted by Crippen LogP contribution is 2.18. The molecule has 0 aromatic heterocycles. The van der Waals surface area contributed by atoms with Crippen LogP contribution < -0.4 is 0 Å². The fraction of sp³-hybridized carbons (Fsp3) is 1.00. The van der Waals surface area contributed by atoms with Crippen LogP contribution in [0.4, 0.5) is 0 Å². The lowest BCUT2D eigenvalue weighted by Crippen LogP contribution is -1.97. The molecular formula is C52H106O. The van der Waals surface area contributed by atoms with E-state index >= 15 is 0 Å². The highest BCUT2D eigenvalue weighted by molar-refractivity contribution is 4.54. The fourth-order valence-electron chi connectivity index (χ4n) is 8.38. The van der Waals surface area contributed by atoms with Gasteiger partial charge >= 0.3 is 0 Å². The van der Waals surface area contributed by atoms with Crippen LogP contribution in [0.25, 0.3) is 0 Å². The number of rotatable bonds is 49. The molecule has 1 heteroatoms. The van der Waals surface area contributed by atoms with Gasteiger partial charge in [0.05, 0.1) is 0 Å². The highest BCUT2D eigenvalue weighted by Gasteiger charge is 1.99. The van der Waals surface area contributed by atoms with Gasteiger partial charge in [0.1, 0.15) is 0 Å². The summed E-state index contributed by atoms with van der Waals surface area (Å²) in [6.07, 6.45) is 67.0. The van der Waals surface area contributed by atoms with Gasteiger partial charge in [0.2, 0.25) is 0 Å². The van der Waals surface area contributed by atoms with Gasteiger partial charge < -0.3 is 4.74 Å². The lowest BCUT2D eigenvalue weighted by molar-refractivity contribution is 0.125. The van der Waals surface area contributed by atoms with Crippen LogP contribution in [0.5, 0.6) is 0 Å². The quantitative estimate of drug-likeness (QED) is 0.0563. The van der Waals surface area contributed by atoms with Crippen molar-refractivity contribution < 1.29 is 4.74 Å². The average molecular weight is 747 g/mol. The molecule has 0 spiro atoms. The first-order valence-electron chi connectivity index (χ1n) is 25.8. The third-order valence-corrected chi connectivity index (χ3v) is 12.2. The van der Waals surface area contributed by atoms with Crippen LogP contribution in [-0.4, -0.2) is 13.2 Å². The average Bonchev–Trinajstić information content (AvgIpc) is 3.15. The third kappa shape index (κ3) is 52.0. The molecule has 0 N–H and O–H groups in total. The van der Waals surface area contributed by atoms with E-state index in [-0.39, 0.29) is 0 Å². The summed E-state index contributed by atoms with van der Waals surface area (Å²) in [5, 5.41) is 0. The van der Waals surface area contributed by atoms with Crippen LogP contribution in [0.1, 0.15) is 316 Å². The van der Waals surface area contributed by atoms with Crippen LogP contribution in [0.3, 0.4) is 0 Å². The molecule has 0 unspecified atom stereocenters. The Morgan fingerprint density at radius 3 is 0.585 bits per heavy atom. The van der Waals surface area contributed by atoms with Gasteiger partial charge in [-0.05, 0) is 18.8 Å². The van der Waals surface area contributed by atoms with Crippen molar-refractivity contribution in [1.82, 2.24) is 0 Å². The molecule has 53 heavy (non-hydrogen) atoms. The topological polar surface area (TPSA) is 9.23 Å². The van der Waals surface area contributed by atoms with Gasteiger partial charge in [0, 0.05) is 13.2 Å². The van der Waals surface area contributed by atoms with E-state index in [9.17, 15) is 0 Å². The molecule has 0 aliphatic carbocycles. The Bertz CT molecular complexity index is 598.